The topological polar surface area (TPSA) is 68.3 Å². The zero-order valence-electron chi connectivity index (χ0n) is 12.0. The molecule has 5 nitrogen and oxygen atoms in total. The Morgan fingerprint density at radius 2 is 2.17 bits per heavy atom. The lowest BCUT2D eigenvalue weighted by Gasteiger charge is -2.08. The van der Waals surface area contributed by atoms with E-state index in [0.717, 1.165) is 5.56 Å². The van der Waals surface area contributed by atoms with Crippen LogP contribution in [-0.4, -0.2) is 23.5 Å². The third kappa shape index (κ3) is 5.35. The Hall–Kier alpha value is -1.89. The standard InChI is InChI=1S/C15H12Cl2N2O3S/c1-9-11(16)6-12(17)15(18-9)19-13(20)7-22-14(21)3-2-10-4-5-23-8-10/h2-6,8H,7H2,1H3,(H,18,19,20)/b3-2+. The molecule has 0 bridgehead atoms. The molecule has 23 heavy (non-hydrogen) atoms. The first-order chi connectivity index (χ1) is 11.0. The maximum absolute atomic E-state index is 11.8. The summed E-state index contributed by atoms with van der Waals surface area (Å²) >= 11 is 13.3. The van der Waals surface area contributed by atoms with Gasteiger partial charge in [0.15, 0.2) is 12.4 Å². The van der Waals surface area contributed by atoms with E-state index >= 15 is 0 Å². The predicted octanol–water partition coefficient (Wildman–Crippen LogP) is 3.95. The van der Waals surface area contributed by atoms with Crippen molar-refractivity contribution in [1.29, 1.82) is 0 Å². The summed E-state index contributed by atoms with van der Waals surface area (Å²) in [5.74, 6) is -0.987. The molecule has 0 atom stereocenters. The summed E-state index contributed by atoms with van der Waals surface area (Å²) in [4.78, 5) is 27.3. The van der Waals surface area contributed by atoms with Gasteiger partial charge in [-0.2, -0.15) is 11.3 Å². The molecule has 8 heteroatoms. The predicted molar refractivity (Wildman–Crippen MR) is 91.9 cm³/mol. The molecule has 2 rings (SSSR count). The number of nitrogens with zero attached hydrogens (tertiary/aromatic N) is 1. The number of esters is 1. The molecule has 0 aliphatic carbocycles. The van der Waals surface area contributed by atoms with Crippen LogP contribution in [0.3, 0.4) is 0 Å². The first-order valence-electron chi connectivity index (χ1n) is 6.45. The van der Waals surface area contributed by atoms with Crippen LogP contribution in [0.15, 0.2) is 29.0 Å². The number of aromatic nitrogens is 1. The number of amides is 1. The number of hydrogen-bond acceptors (Lipinski definition) is 5. The lowest BCUT2D eigenvalue weighted by atomic mass is 10.3. The van der Waals surface area contributed by atoms with Gasteiger partial charge in [-0.25, -0.2) is 9.78 Å². The minimum Gasteiger partial charge on any atom is -0.452 e. The zero-order chi connectivity index (χ0) is 16.8. The number of carbonyl (C=O) groups is 2. The second kappa shape index (κ2) is 8.10. The molecular formula is C15H12Cl2N2O3S. The molecule has 2 heterocycles. The summed E-state index contributed by atoms with van der Waals surface area (Å²) in [6, 6.07) is 3.34. The number of nitrogens with one attached hydrogen (secondary N) is 1. The van der Waals surface area contributed by atoms with Crippen molar-refractivity contribution in [2.45, 2.75) is 6.92 Å². The van der Waals surface area contributed by atoms with Crippen molar-refractivity contribution in [2.24, 2.45) is 0 Å². The largest absolute Gasteiger partial charge is 0.452 e. The average molecular weight is 371 g/mol. The van der Waals surface area contributed by atoms with Crippen molar-refractivity contribution in [3.63, 3.8) is 0 Å². The van der Waals surface area contributed by atoms with Gasteiger partial charge in [0, 0.05) is 6.08 Å². The van der Waals surface area contributed by atoms with E-state index in [0.29, 0.717) is 10.7 Å². The van der Waals surface area contributed by atoms with E-state index in [4.69, 9.17) is 27.9 Å². The van der Waals surface area contributed by atoms with Crippen LogP contribution in [0.25, 0.3) is 6.08 Å². The number of carbonyl (C=O) groups excluding carboxylic acids is 2. The Bertz CT molecular complexity index is 745. The monoisotopic (exact) mass is 370 g/mol. The number of anilines is 1. The highest BCUT2D eigenvalue weighted by atomic mass is 35.5. The molecule has 2 aromatic heterocycles. The minimum atomic E-state index is -0.613. The van der Waals surface area contributed by atoms with E-state index in [1.54, 1.807) is 13.0 Å². The van der Waals surface area contributed by atoms with E-state index < -0.39 is 18.5 Å². The maximum Gasteiger partial charge on any atom is 0.331 e. The summed E-state index contributed by atoms with van der Waals surface area (Å²) in [7, 11) is 0. The van der Waals surface area contributed by atoms with E-state index in [9.17, 15) is 9.59 Å². The number of thiophene rings is 1. The molecule has 0 radical (unpaired) electrons. The molecule has 0 saturated carbocycles. The molecule has 2 aromatic rings. The Kier molecular flexibility index (Phi) is 6.15. The van der Waals surface area contributed by atoms with Crippen LogP contribution in [0.2, 0.25) is 10.0 Å². The molecule has 0 fully saturated rings. The third-order valence-electron chi connectivity index (χ3n) is 2.66. The van der Waals surface area contributed by atoms with Gasteiger partial charge < -0.3 is 10.1 Å². The molecule has 1 amide bonds. The van der Waals surface area contributed by atoms with Gasteiger partial charge in [0.05, 0.1) is 15.7 Å². The van der Waals surface area contributed by atoms with E-state index in [1.165, 1.54) is 23.5 Å². The second-order valence-electron chi connectivity index (χ2n) is 4.43. The quantitative estimate of drug-likeness (QED) is 0.638. The van der Waals surface area contributed by atoms with Gasteiger partial charge in [0.2, 0.25) is 0 Å². The van der Waals surface area contributed by atoms with Gasteiger partial charge in [-0.15, -0.1) is 0 Å². The van der Waals surface area contributed by atoms with Crippen molar-refractivity contribution in [3.05, 3.63) is 50.3 Å². The fourth-order valence-corrected chi connectivity index (χ4v) is 2.57. The Labute approximate surface area is 146 Å². The first kappa shape index (κ1) is 17.5. The van der Waals surface area contributed by atoms with E-state index in [2.05, 4.69) is 10.3 Å². The van der Waals surface area contributed by atoms with Crippen LogP contribution < -0.4 is 5.32 Å². The van der Waals surface area contributed by atoms with Crippen LogP contribution >= 0.6 is 34.5 Å². The van der Waals surface area contributed by atoms with Gasteiger partial charge in [-0.3, -0.25) is 4.79 Å². The lowest BCUT2D eigenvalue weighted by Crippen LogP contribution is -2.21. The van der Waals surface area contributed by atoms with E-state index in [-0.39, 0.29) is 10.8 Å². The van der Waals surface area contributed by atoms with Crippen LogP contribution in [0.1, 0.15) is 11.3 Å². The van der Waals surface area contributed by atoms with Gasteiger partial charge in [-0.05, 0) is 41.5 Å². The normalized spacial score (nSPS) is 10.7. The van der Waals surface area contributed by atoms with Crippen LogP contribution in [0, 0.1) is 6.92 Å². The van der Waals surface area contributed by atoms with Gasteiger partial charge in [0.25, 0.3) is 5.91 Å². The number of halogens is 2. The van der Waals surface area contributed by atoms with Crippen molar-refractivity contribution in [2.75, 3.05) is 11.9 Å². The van der Waals surface area contributed by atoms with Crippen molar-refractivity contribution in [1.82, 2.24) is 4.98 Å². The fourth-order valence-electron chi connectivity index (χ4n) is 1.53. The number of hydrogen-bond donors (Lipinski definition) is 1. The highest BCUT2D eigenvalue weighted by molar-refractivity contribution is 7.08. The Balaban J connectivity index is 1.85. The van der Waals surface area contributed by atoms with Gasteiger partial charge in [-0.1, -0.05) is 23.2 Å². The smallest absolute Gasteiger partial charge is 0.331 e. The molecule has 0 aliphatic heterocycles. The molecule has 1 N–H and O–H groups in total. The molecular weight excluding hydrogens is 359 g/mol. The van der Waals surface area contributed by atoms with Crippen LogP contribution in [-0.2, 0) is 14.3 Å². The van der Waals surface area contributed by atoms with Gasteiger partial charge >= 0.3 is 5.97 Å². The summed E-state index contributed by atoms with van der Waals surface area (Å²) in [5, 5.41) is 6.84. The number of aryl methyl sites for hydroxylation is 1. The molecule has 0 spiro atoms. The number of ether oxygens (including phenoxy) is 1. The fraction of sp³-hybridized carbons (Fsp3) is 0.133. The van der Waals surface area contributed by atoms with Crippen molar-refractivity contribution in [3.8, 4) is 0 Å². The molecule has 120 valence electrons. The summed E-state index contributed by atoms with van der Waals surface area (Å²) in [6.07, 6.45) is 2.87. The van der Waals surface area contributed by atoms with Crippen LogP contribution in [0.4, 0.5) is 5.82 Å². The molecule has 0 aliphatic rings. The maximum atomic E-state index is 11.8. The first-order valence-corrected chi connectivity index (χ1v) is 8.15. The Morgan fingerprint density at radius 3 is 2.87 bits per heavy atom. The average Bonchev–Trinajstić information content (AvgIpc) is 3.02. The molecule has 0 saturated heterocycles. The second-order valence-corrected chi connectivity index (χ2v) is 6.03. The SMILES string of the molecule is Cc1nc(NC(=O)COC(=O)/C=C/c2ccsc2)c(Cl)cc1Cl. The number of rotatable bonds is 5. The number of pyridine rings is 1. The third-order valence-corrected chi connectivity index (χ3v) is 4.04. The summed E-state index contributed by atoms with van der Waals surface area (Å²) < 4.78 is 4.84. The summed E-state index contributed by atoms with van der Waals surface area (Å²) in [5.41, 5.74) is 1.42. The highest BCUT2D eigenvalue weighted by Crippen LogP contribution is 2.25. The van der Waals surface area contributed by atoms with Crippen molar-refractivity contribution < 1.29 is 14.3 Å². The zero-order valence-corrected chi connectivity index (χ0v) is 14.3. The highest BCUT2D eigenvalue weighted by Gasteiger charge is 2.11. The minimum absolute atomic E-state index is 0.170. The van der Waals surface area contributed by atoms with Crippen molar-refractivity contribution >= 4 is 58.3 Å². The Morgan fingerprint density at radius 1 is 1.39 bits per heavy atom. The van der Waals surface area contributed by atoms with Gasteiger partial charge in [0.1, 0.15) is 0 Å². The summed E-state index contributed by atoms with van der Waals surface area (Å²) in [6.45, 7) is 1.25. The molecule has 0 aromatic carbocycles. The molecule has 0 unspecified atom stereocenters. The lowest BCUT2D eigenvalue weighted by molar-refractivity contribution is -0.142. The van der Waals surface area contributed by atoms with Crippen LogP contribution in [0.5, 0.6) is 0 Å². The van der Waals surface area contributed by atoms with E-state index in [1.807, 2.05) is 16.8 Å².